The van der Waals surface area contributed by atoms with E-state index in [1.54, 1.807) is 4.90 Å². The van der Waals surface area contributed by atoms with Gasteiger partial charge in [0.1, 0.15) is 5.60 Å². The Bertz CT molecular complexity index is 709. The molecule has 2 aromatic rings. The minimum Gasteiger partial charge on any atom is -0.444 e. The number of aromatic nitrogens is 2. The number of hydrogen-bond donors (Lipinski definition) is 0. The van der Waals surface area contributed by atoms with Gasteiger partial charge in [0.2, 0.25) is 0 Å². The molecule has 0 spiro atoms. The van der Waals surface area contributed by atoms with Gasteiger partial charge in [0, 0.05) is 50.5 Å². The molecule has 1 aromatic heterocycles. The van der Waals surface area contributed by atoms with E-state index in [1.807, 2.05) is 50.8 Å². The number of fused-ring (bicyclic) bond motifs is 1. The molecule has 0 unspecified atom stereocenters. The molecule has 23 heavy (non-hydrogen) atoms. The highest BCUT2D eigenvalue weighted by Crippen LogP contribution is 2.27. The Kier molecular flexibility index (Phi) is 3.92. The van der Waals surface area contributed by atoms with Crippen molar-refractivity contribution in [3.8, 4) is 0 Å². The highest BCUT2D eigenvalue weighted by atomic mass is 16.6. The van der Waals surface area contributed by atoms with E-state index < -0.39 is 5.60 Å². The lowest BCUT2D eigenvalue weighted by Gasteiger charge is -2.37. The number of amides is 1. The monoisotopic (exact) mass is 316 g/mol. The Morgan fingerprint density at radius 3 is 2.52 bits per heavy atom. The Balaban J connectivity index is 1.70. The molecule has 124 valence electrons. The van der Waals surface area contributed by atoms with Gasteiger partial charge in [-0.3, -0.25) is 4.68 Å². The molecule has 1 aliphatic rings. The maximum atomic E-state index is 12.1. The van der Waals surface area contributed by atoms with Gasteiger partial charge in [0.15, 0.2) is 0 Å². The second kappa shape index (κ2) is 5.76. The third kappa shape index (κ3) is 3.41. The SMILES string of the molecule is Cn1cc2c(N3CCN(C(=O)OC(C)(C)C)CC3)cccc2n1. The van der Waals surface area contributed by atoms with Crippen molar-refractivity contribution in [2.45, 2.75) is 26.4 Å². The van der Waals surface area contributed by atoms with Crippen molar-refractivity contribution >= 4 is 22.7 Å². The standard InChI is InChI=1S/C17H24N4O2/c1-17(2,3)23-16(22)21-10-8-20(9-11-21)15-7-5-6-14-13(15)12-19(4)18-14/h5-7,12H,8-11H2,1-4H3. The summed E-state index contributed by atoms with van der Waals surface area (Å²) in [4.78, 5) is 16.2. The third-order valence-electron chi connectivity index (χ3n) is 3.91. The predicted molar refractivity (Wildman–Crippen MR) is 90.7 cm³/mol. The first-order valence-electron chi connectivity index (χ1n) is 7.99. The van der Waals surface area contributed by atoms with Crippen LogP contribution in [-0.2, 0) is 11.8 Å². The fourth-order valence-corrected chi connectivity index (χ4v) is 2.88. The molecule has 0 bridgehead atoms. The van der Waals surface area contributed by atoms with E-state index in [0.29, 0.717) is 13.1 Å². The molecule has 0 saturated carbocycles. The summed E-state index contributed by atoms with van der Waals surface area (Å²) in [6, 6.07) is 6.17. The summed E-state index contributed by atoms with van der Waals surface area (Å²) in [7, 11) is 1.93. The number of nitrogens with zero attached hydrogens (tertiary/aromatic N) is 4. The highest BCUT2D eigenvalue weighted by molar-refractivity contribution is 5.91. The smallest absolute Gasteiger partial charge is 0.410 e. The van der Waals surface area contributed by atoms with Gasteiger partial charge in [0.25, 0.3) is 0 Å². The average molecular weight is 316 g/mol. The van der Waals surface area contributed by atoms with Crippen molar-refractivity contribution in [3.05, 3.63) is 24.4 Å². The number of carbonyl (C=O) groups is 1. The molecule has 1 aromatic carbocycles. The molecule has 2 heterocycles. The van der Waals surface area contributed by atoms with Gasteiger partial charge in [-0.15, -0.1) is 0 Å². The molecule has 0 N–H and O–H groups in total. The lowest BCUT2D eigenvalue weighted by Crippen LogP contribution is -2.50. The summed E-state index contributed by atoms with van der Waals surface area (Å²) in [6.45, 7) is 8.62. The number of anilines is 1. The number of ether oxygens (including phenoxy) is 1. The van der Waals surface area contributed by atoms with Gasteiger partial charge in [-0.2, -0.15) is 5.10 Å². The van der Waals surface area contributed by atoms with Crippen molar-refractivity contribution in [1.82, 2.24) is 14.7 Å². The second-order valence-corrected chi connectivity index (χ2v) is 6.97. The lowest BCUT2D eigenvalue weighted by atomic mass is 10.2. The summed E-state index contributed by atoms with van der Waals surface area (Å²) in [5.41, 5.74) is 1.73. The maximum absolute atomic E-state index is 12.1. The zero-order chi connectivity index (χ0) is 16.6. The highest BCUT2D eigenvalue weighted by Gasteiger charge is 2.26. The molecule has 1 fully saturated rings. The normalized spacial score (nSPS) is 16.0. The van der Waals surface area contributed by atoms with Crippen LogP contribution in [0.15, 0.2) is 24.4 Å². The van der Waals surface area contributed by atoms with Crippen LogP contribution < -0.4 is 4.90 Å². The molecule has 1 amide bonds. The van der Waals surface area contributed by atoms with Crippen LogP contribution in [0, 0.1) is 0 Å². The average Bonchev–Trinajstić information content (AvgIpc) is 2.85. The number of carbonyl (C=O) groups excluding carboxylic acids is 1. The van der Waals surface area contributed by atoms with E-state index in [-0.39, 0.29) is 6.09 Å². The van der Waals surface area contributed by atoms with Crippen molar-refractivity contribution < 1.29 is 9.53 Å². The fraction of sp³-hybridized carbons (Fsp3) is 0.529. The van der Waals surface area contributed by atoms with E-state index in [9.17, 15) is 4.79 Å². The van der Waals surface area contributed by atoms with Crippen LogP contribution in [0.4, 0.5) is 10.5 Å². The minimum atomic E-state index is -0.449. The van der Waals surface area contributed by atoms with E-state index in [1.165, 1.54) is 5.69 Å². The van der Waals surface area contributed by atoms with Crippen molar-refractivity contribution in [1.29, 1.82) is 0 Å². The number of hydrogen-bond acceptors (Lipinski definition) is 4. The molecular weight excluding hydrogens is 292 g/mol. The van der Waals surface area contributed by atoms with Crippen LogP contribution in [0.5, 0.6) is 0 Å². The predicted octanol–water partition coefficient (Wildman–Crippen LogP) is 2.63. The summed E-state index contributed by atoms with van der Waals surface area (Å²) < 4.78 is 7.29. The van der Waals surface area contributed by atoms with Crippen LogP contribution in [0.1, 0.15) is 20.8 Å². The largest absolute Gasteiger partial charge is 0.444 e. The van der Waals surface area contributed by atoms with Crippen LogP contribution in [0.25, 0.3) is 10.9 Å². The van der Waals surface area contributed by atoms with Crippen molar-refractivity contribution in [2.24, 2.45) is 7.05 Å². The van der Waals surface area contributed by atoms with Gasteiger partial charge in [-0.05, 0) is 32.9 Å². The molecule has 6 heteroatoms. The fourth-order valence-electron chi connectivity index (χ4n) is 2.88. The van der Waals surface area contributed by atoms with E-state index in [0.717, 1.165) is 24.0 Å². The first-order chi connectivity index (χ1) is 10.8. The topological polar surface area (TPSA) is 50.6 Å². The van der Waals surface area contributed by atoms with E-state index >= 15 is 0 Å². The minimum absolute atomic E-state index is 0.225. The van der Waals surface area contributed by atoms with Gasteiger partial charge in [-0.25, -0.2) is 4.79 Å². The molecule has 1 aliphatic heterocycles. The van der Waals surface area contributed by atoms with E-state index in [4.69, 9.17) is 4.74 Å². The molecule has 3 rings (SSSR count). The van der Waals surface area contributed by atoms with Crippen LogP contribution in [0.2, 0.25) is 0 Å². The van der Waals surface area contributed by atoms with Crippen LogP contribution >= 0.6 is 0 Å². The molecule has 0 radical (unpaired) electrons. The van der Waals surface area contributed by atoms with Gasteiger partial charge in [0.05, 0.1) is 5.52 Å². The molecule has 1 saturated heterocycles. The molecular formula is C17H24N4O2. The first-order valence-corrected chi connectivity index (χ1v) is 7.99. The third-order valence-corrected chi connectivity index (χ3v) is 3.91. The Morgan fingerprint density at radius 1 is 1.17 bits per heavy atom. The summed E-state index contributed by atoms with van der Waals surface area (Å²) in [6.07, 6.45) is 1.82. The van der Waals surface area contributed by atoms with Crippen LogP contribution in [-0.4, -0.2) is 52.6 Å². The number of rotatable bonds is 1. The summed E-state index contributed by atoms with van der Waals surface area (Å²) >= 11 is 0. The zero-order valence-corrected chi connectivity index (χ0v) is 14.2. The Labute approximate surface area is 136 Å². The number of piperazine rings is 1. The second-order valence-electron chi connectivity index (χ2n) is 6.97. The van der Waals surface area contributed by atoms with E-state index in [2.05, 4.69) is 16.1 Å². The number of benzene rings is 1. The Morgan fingerprint density at radius 2 is 1.87 bits per heavy atom. The van der Waals surface area contributed by atoms with Crippen LogP contribution in [0.3, 0.4) is 0 Å². The maximum Gasteiger partial charge on any atom is 0.410 e. The molecule has 0 aliphatic carbocycles. The quantitative estimate of drug-likeness (QED) is 0.811. The van der Waals surface area contributed by atoms with Crippen molar-refractivity contribution in [2.75, 3.05) is 31.1 Å². The Hall–Kier alpha value is -2.24. The lowest BCUT2D eigenvalue weighted by molar-refractivity contribution is 0.0241. The summed E-state index contributed by atoms with van der Waals surface area (Å²) in [5.74, 6) is 0. The zero-order valence-electron chi connectivity index (χ0n) is 14.2. The van der Waals surface area contributed by atoms with Gasteiger partial charge >= 0.3 is 6.09 Å². The van der Waals surface area contributed by atoms with Crippen molar-refractivity contribution in [3.63, 3.8) is 0 Å². The molecule has 0 atom stereocenters. The first kappa shape index (κ1) is 15.6. The van der Waals surface area contributed by atoms with Gasteiger partial charge in [-0.1, -0.05) is 6.07 Å². The molecule has 6 nitrogen and oxygen atoms in total. The summed E-state index contributed by atoms with van der Waals surface area (Å²) in [5, 5.41) is 5.61. The van der Waals surface area contributed by atoms with Gasteiger partial charge < -0.3 is 14.5 Å². The number of aryl methyl sites for hydroxylation is 1.